The number of carbonyl (C=O) groups excluding carboxylic acids is 1. The number of halogens is 3. The Morgan fingerprint density at radius 2 is 1.78 bits per heavy atom. The van der Waals surface area contributed by atoms with Crippen molar-refractivity contribution in [1.82, 2.24) is 9.62 Å². The van der Waals surface area contributed by atoms with E-state index in [1.807, 2.05) is 19.1 Å². The molecule has 0 saturated heterocycles. The van der Waals surface area contributed by atoms with E-state index in [4.69, 9.17) is 11.6 Å². The number of carbonyl (C=O) groups is 1. The number of rotatable bonds is 7. The molecule has 0 aromatic heterocycles. The number of sulfonamides is 1. The fourth-order valence-corrected chi connectivity index (χ4v) is 3.55. The second-order valence-electron chi connectivity index (χ2n) is 5.96. The summed E-state index contributed by atoms with van der Waals surface area (Å²) in [5, 5.41) is 0.589. The van der Waals surface area contributed by atoms with Gasteiger partial charge in [-0.15, -0.1) is 0 Å². The average molecular weight is 417 g/mol. The molecule has 0 aliphatic heterocycles. The van der Waals surface area contributed by atoms with Crippen LogP contribution in [0.4, 0.5) is 8.78 Å². The molecule has 0 heterocycles. The summed E-state index contributed by atoms with van der Waals surface area (Å²) >= 11 is 5.85. The van der Waals surface area contributed by atoms with E-state index in [9.17, 15) is 22.0 Å². The van der Waals surface area contributed by atoms with Crippen LogP contribution < -0.4 is 4.72 Å². The van der Waals surface area contributed by atoms with Crippen molar-refractivity contribution >= 4 is 27.5 Å². The van der Waals surface area contributed by atoms with Crippen LogP contribution >= 0.6 is 11.6 Å². The van der Waals surface area contributed by atoms with Gasteiger partial charge in [0.2, 0.25) is 15.9 Å². The van der Waals surface area contributed by atoms with E-state index in [1.54, 1.807) is 19.2 Å². The molecular weight excluding hydrogens is 398 g/mol. The van der Waals surface area contributed by atoms with E-state index < -0.39 is 26.6 Å². The first kappa shape index (κ1) is 21.3. The Morgan fingerprint density at radius 1 is 1.15 bits per heavy atom. The molecule has 1 amide bonds. The molecule has 0 spiro atoms. The summed E-state index contributed by atoms with van der Waals surface area (Å²) in [4.78, 5) is 13.4. The first-order valence-corrected chi connectivity index (χ1v) is 9.94. The SMILES string of the molecule is C[C@H](c1ccc(Cl)cc1)N(C)C(=O)CCNS(=O)(=O)c1ccc(F)c(F)c1. The molecule has 0 saturated carbocycles. The summed E-state index contributed by atoms with van der Waals surface area (Å²) in [6, 6.07) is 9.12. The van der Waals surface area contributed by atoms with Gasteiger partial charge in [0.1, 0.15) is 0 Å². The second-order valence-corrected chi connectivity index (χ2v) is 8.16. The predicted molar refractivity (Wildman–Crippen MR) is 98.8 cm³/mol. The van der Waals surface area contributed by atoms with E-state index in [1.165, 1.54) is 4.90 Å². The lowest BCUT2D eigenvalue weighted by Gasteiger charge is -2.25. The van der Waals surface area contributed by atoms with Gasteiger partial charge in [-0.2, -0.15) is 0 Å². The fraction of sp³-hybridized carbons (Fsp3) is 0.278. The van der Waals surface area contributed by atoms with Crippen molar-refractivity contribution in [2.75, 3.05) is 13.6 Å². The number of hydrogen-bond donors (Lipinski definition) is 1. The lowest BCUT2D eigenvalue weighted by atomic mass is 10.1. The molecule has 2 aromatic rings. The number of hydrogen-bond acceptors (Lipinski definition) is 3. The third-order valence-corrected chi connectivity index (χ3v) is 5.87. The largest absolute Gasteiger partial charge is 0.339 e. The van der Waals surface area contributed by atoms with E-state index in [0.717, 1.165) is 17.7 Å². The van der Waals surface area contributed by atoms with Gasteiger partial charge in [-0.05, 0) is 42.8 Å². The summed E-state index contributed by atoms with van der Waals surface area (Å²) in [7, 11) is -2.42. The zero-order valence-corrected chi connectivity index (χ0v) is 16.3. The van der Waals surface area contributed by atoms with Crippen LogP contribution in [0.2, 0.25) is 5.02 Å². The van der Waals surface area contributed by atoms with Gasteiger partial charge in [-0.1, -0.05) is 23.7 Å². The Morgan fingerprint density at radius 3 is 2.37 bits per heavy atom. The Balaban J connectivity index is 1.94. The molecule has 2 aromatic carbocycles. The number of nitrogens with one attached hydrogen (secondary N) is 1. The van der Waals surface area contributed by atoms with E-state index >= 15 is 0 Å². The zero-order chi connectivity index (χ0) is 20.2. The molecule has 5 nitrogen and oxygen atoms in total. The number of nitrogens with zero attached hydrogens (tertiary/aromatic N) is 1. The van der Waals surface area contributed by atoms with Gasteiger partial charge in [-0.25, -0.2) is 21.9 Å². The van der Waals surface area contributed by atoms with Crippen molar-refractivity contribution < 1.29 is 22.0 Å². The van der Waals surface area contributed by atoms with Crippen LogP contribution in [0.25, 0.3) is 0 Å². The molecule has 0 radical (unpaired) electrons. The predicted octanol–water partition coefficient (Wildman–Crippen LogP) is 3.51. The average Bonchev–Trinajstić information content (AvgIpc) is 2.63. The van der Waals surface area contributed by atoms with Crippen molar-refractivity contribution in [3.05, 3.63) is 64.7 Å². The molecule has 1 N–H and O–H groups in total. The lowest BCUT2D eigenvalue weighted by Crippen LogP contribution is -2.33. The van der Waals surface area contributed by atoms with Gasteiger partial charge < -0.3 is 4.90 Å². The van der Waals surface area contributed by atoms with Crippen LogP contribution in [0.1, 0.15) is 24.9 Å². The maximum atomic E-state index is 13.2. The Hall–Kier alpha value is -2.03. The molecule has 146 valence electrons. The number of amides is 1. The summed E-state index contributed by atoms with van der Waals surface area (Å²) in [6.07, 6.45) is -0.0860. The summed E-state index contributed by atoms with van der Waals surface area (Å²) < 4.78 is 52.5. The summed E-state index contributed by atoms with van der Waals surface area (Å²) in [5.74, 6) is -2.67. The smallest absolute Gasteiger partial charge is 0.240 e. The van der Waals surface area contributed by atoms with Crippen molar-refractivity contribution in [3.63, 3.8) is 0 Å². The first-order valence-electron chi connectivity index (χ1n) is 8.07. The zero-order valence-electron chi connectivity index (χ0n) is 14.7. The van der Waals surface area contributed by atoms with Crippen LogP contribution in [-0.2, 0) is 14.8 Å². The maximum Gasteiger partial charge on any atom is 0.240 e. The summed E-state index contributed by atoms with van der Waals surface area (Å²) in [5.41, 5.74) is 0.887. The van der Waals surface area contributed by atoms with Gasteiger partial charge >= 0.3 is 0 Å². The highest BCUT2D eigenvalue weighted by atomic mass is 35.5. The monoisotopic (exact) mass is 416 g/mol. The molecule has 27 heavy (non-hydrogen) atoms. The van der Waals surface area contributed by atoms with Crippen LogP contribution in [0.3, 0.4) is 0 Å². The third kappa shape index (κ3) is 5.47. The summed E-state index contributed by atoms with van der Waals surface area (Å²) in [6.45, 7) is 1.67. The Kier molecular flexibility index (Phi) is 6.91. The van der Waals surface area contributed by atoms with Gasteiger partial charge in [0.05, 0.1) is 10.9 Å². The van der Waals surface area contributed by atoms with Crippen LogP contribution in [-0.4, -0.2) is 32.8 Å². The molecule has 1 atom stereocenters. The fourth-order valence-electron chi connectivity index (χ4n) is 2.38. The first-order chi connectivity index (χ1) is 12.6. The van der Waals surface area contributed by atoms with Gasteiger partial charge in [0, 0.05) is 25.0 Å². The second kappa shape index (κ2) is 8.77. The molecule has 2 rings (SSSR count). The van der Waals surface area contributed by atoms with Crippen LogP contribution in [0, 0.1) is 11.6 Å². The minimum Gasteiger partial charge on any atom is -0.339 e. The highest BCUT2D eigenvalue weighted by molar-refractivity contribution is 7.89. The molecule has 9 heteroatoms. The highest BCUT2D eigenvalue weighted by Gasteiger charge is 2.20. The quantitative estimate of drug-likeness (QED) is 0.751. The third-order valence-electron chi connectivity index (χ3n) is 4.16. The molecule has 0 fully saturated rings. The molecule has 0 aliphatic carbocycles. The van der Waals surface area contributed by atoms with E-state index in [-0.39, 0.29) is 24.9 Å². The van der Waals surface area contributed by atoms with Crippen molar-refractivity contribution in [3.8, 4) is 0 Å². The minimum absolute atomic E-state index is 0.0860. The Bertz CT molecular complexity index is 921. The van der Waals surface area contributed by atoms with Gasteiger partial charge in [-0.3, -0.25) is 4.79 Å². The maximum absolute atomic E-state index is 13.2. The molecule has 0 aliphatic rings. The lowest BCUT2D eigenvalue weighted by molar-refractivity contribution is -0.131. The normalized spacial score (nSPS) is 12.6. The Labute approximate surface area is 162 Å². The van der Waals surface area contributed by atoms with Gasteiger partial charge in [0.25, 0.3) is 0 Å². The van der Waals surface area contributed by atoms with Crippen molar-refractivity contribution in [1.29, 1.82) is 0 Å². The van der Waals surface area contributed by atoms with Crippen LogP contribution in [0.15, 0.2) is 47.4 Å². The van der Waals surface area contributed by atoms with E-state index in [0.29, 0.717) is 11.1 Å². The van der Waals surface area contributed by atoms with Crippen molar-refractivity contribution in [2.45, 2.75) is 24.3 Å². The molecule has 0 unspecified atom stereocenters. The standard InChI is InChI=1S/C18H19ClF2N2O3S/c1-12(13-3-5-14(19)6-4-13)23(2)18(24)9-10-22-27(25,26)15-7-8-16(20)17(21)11-15/h3-8,11-12,22H,9-10H2,1-2H3/t12-/m1/s1. The minimum atomic E-state index is -4.04. The van der Waals surface area contributed by atoms with Gasteiger partial charge in [0.15, 0.2) is 11.6 Å². The van der Waals surface area contributed by atoms with E-state index in [2.05, 4.69) is 4.72 Å². The molecular formula is C18H19ClF2N2O3S. The van der Waals surface area contributed by atoms with Crippen molar-refractivity contribution in [2.24, 2.45) is 0 Å². The highest BCUT2D eigenvalue weighted by Crippen LogP contribution is 2.21. The van der Waals surface area contributed by atoms with Crippen LogP contribution in [0.5, 0.6) is 0 Å². The molecule has 0 bridgehead atoms. The number of benzene rings is 2. The topological polar surface area (TPSA) is 66.5 Å².